The van der Waals surface area contributed by atoms with E-state index in [0.29, 0.717) is 23.5 Å². The maximum absolute atomic E-state index is 12.4. The number of anilines is 1. The van der Waals surface area contributed by atoms with Gasteiger partial charge in [-0.15, -0.1) is 10.2 Å². The summed E-state index contributed by atoms with van der Waals surface area (Å²) in [6.07, 6.45) is 4.96. The Balaban J connectivity index is 1.30. The number of amides is 1. The van der Waals surface area contributed by atoms with Crippen molar-refractivity contribution in [2.45, 2.75) is 36.3 Å². The average Bonchev–Trinajstić information content (AvgIpc) is 3.35. The molecule has 27 heavy (non-hydrogen) atoms. The number of nitrogens with zero attached hydrogens (tertiary/aromatic N) is 5. The molecule has 0 unspecified atom stereocenters. The van der Waals surface area contributed by atoms with E-state index in [-0.39, 0.29) is 18.1 Å². The predicted octanol–water partition coefficient (Wildman–Crippen LogP) is 1.73. The first-order valence-electron chi connectivity index (χ1n) is 9.28. The number of aromatic nitrogens is 4. The molecule has 0 bridgehead atoms. The van der Waals surface area contributed by atoms with E-state index in [2.05, 4.69) is 32.4 Å². The van der Waals surface area contributed by atoms with Crippen LogP contribution >= 0.6 is 23.1 Å². The third kappa shape index (κ3) is 4.34. The SMILES string of the molecule is CCSc1nnc(NC(=O)CN2C[C@H]3C[C@@H](n4cccn4)[C@H](O)C[C@H]3C2)s1. The first-order valence-corrected chi connectivity index (χ1v) is 11.1. The van der Waals surface area contributed by atoms with E-state index in [4.69, 9.17) is 0 Å². The molecule has 1 saturated carbocycles. The Bertz CT molecular complexity index is 767. The number of likely N-dealkylation sites (tertiary alicyclic amines) is 1. The topological polar surface area (TPSA) is 96.2 Å². The summed E-state index contributed by atoms with van der Waals surface area (Å²) in [5.74, 6) is 1.81. The molecule has 10 heteroatoms. The minimum atomic E-state index is -0.379. The van der Waals surface area contributed by atoms with Crippen LogP contribution < -0.4 is 5.32 Å². The zero-order chi connectivity index (χ0) is 18.8. The van der Waals surface area contributed by atoms with Crippen LogP contribution in [-0.2, 0) is 4.79 Å². The molecule has 0 aromatic carbocycles. The van der Waals surface area contributed by atoms with Crippen molar-refractivity contribution in [2.75, 3.05) is 30.7 Å². The van der Waals surface area contributed by atoms with Gasteiger partial charge < -0.3 is 5.11 Å². The van der Waals surface area contributed by atoms with Crippen LogP contribution in [0.1, 0.15) is 25.8 Å². The third-order valence-corrected chi connectivity index (χ3v) is 7.19. The van der Waals surface area contributed by atoms with Gasteiger partial charge in [-0.3, -0.25) is 19.7 Å². The summed E-state index contributed by atoms with van der Waals surface area (Å²) in [4.78, 5) is 14.6. The maximum atomic E-state index is 12.4. The normalized spacial score (nSPS) is 28.2. The molecular weight excluding hydrogens is 384 g/mol. The number of hydrogen-bond donors (Lipinski definition) is 2. The van der Waals surface area contributed by atoms with E-state index >= 15 is 0 Å². The minimum Gasteiger partial charge on any atom is -0.391 e. The van der Waals surface area contributed by atoms with Crippen molar-refractivity contribution in [1.82, 2.24) is 24.9 Å². The summed E-state index contributed by atoms with van der Waals surface area (Å²) in [7, 11) is 0. The Morgan fingerprint density at radius 2 is 2.19 bits per heavy atom. The summed E-state index contributed by atoms with van der Waals surface area (Å²) in [6.45, 7) is 4.15. The highest BCUT2D eigenvalue weighted by molar-refractivity contribution is 8.01. The fourth-order valence-electron chi connectivity index (χ4n) is 4.20. The van der Waals surface area contributed by atoms with Gasteiger partial charge in [-0.05, 0) is 36.5 Å². The number of thioether (sulfide) groups is 1. The van der Waals surface area contributed by atoms with Crippen LogP contribution in [0.15, 0.2) is 22.8 Å². The van der Waals surface area contributed by atoms with Crippen LogP contribution in [0.25, 0.3) is 0 Å². The lowest BCUT2D eigenvalue weighted by Gasteiger charge is -2.35. The Morgan fingerprint density at radius 3 is 2.93 bits per heavy atom. The minimum absolute atomic E-state index is 0.0332. The Hall–Kier alpha value is -1.49. The monoisotopic (exact) mass is 408 g/mol. The molecule has 0 spiro atoms. The lowest BCUT2D eigenvalue weighted by atomic mass is 9.77. The third-order valence-electron chi connectivity index (χ3n) is 5.34. The number of carbonyl (C=O) groups excluding carboxylic acids is 1. The first kappa shape index (κ1) is 18.9. The number of aliphatic hydroxyl groups is 1. The van der Waals surface area contributed by atoms with Crippen LogP contribution in [0.2, 0.25) is 0 Å². The summed E-state index contributed by atoms with van der Waals surface area (Å²) >= 11 is 3.03. The number of nitrogens with one attached hydrogen (secondary N) is 1. The van der Waals surface area contributed by atoms with Crippen molar-refractivity contribution in [2.24, 2.45) is 11.8 Å². The second kappa shape index (κ2) is 8.26. The Morgan fingerprint density at radius 1 is 1.37 bits per heavy atom. The Kier molecular flexibility index (Phi) is 5.76. The molecule has 1 amide bonds. The molecule has 2 N–H and O–H groups in total. The smallest absolute Gasteiger partial charge is 0.240 e. The van der Waals surface area contributed by atoms with Gasteiger partial charge >= 0.3 is 0 Å². The number of carbonyl (C=O) groups is 1. The molecule has 4 atom stereocenters. The molecule has 1 saturated heterocycles. The summed E-state index contributed by atoms with van der Waals surface area (Å²) in [5, 5.41) is 26.3. The van der Waals surface area contributed by atoms with Gasteiger partial charge in [-0.1, -0.05) is 30.0 Å². The van der Waals surface area contributed by atoms with Crippen LogP contribution in [0.5, 0.6) is 0 Å². The van der Waals surface area contributed by atoms with Crippen LogP contribution in [0, 0.1) is 11.8 Å². The molecule has 3 heterocycles. The van der Waals surface area contributed by atoms with Gasteiger partial charge in [-0.2, -0.15) is 5.10 Å². The number of hydrogen-bond acceptors (Lipinski definition) is 8. The van der Waals surface area contributed by atoms with E-state index in [1.165, 1.54) is 11.3 Å². The summed E-state index contributed by atoms with van der Waals surface area (Å²) < 4.78 is 2.75. The van der Waals surface area contributed by atoms with Gasteiger partial charge in [0.2, 0.25) is 11.0 Å². The quantitative estimate of drug-likeness (QED) is 0.555. The summed E-state index contributed by atoms with van der Waals surface area (Å²) in [6, 6.07) is 1.92. The van der Waals surface area contributed by atoms with E-state index < -0.39 is 0 Å². The lowest BCUT2D eigenvalue weighted by Crippen LogP contribution is -2.36. The lowest BCUT2D eigenvalue weighted by molar-refractivity contribution is -0.117. The highest BCUT2D eigenvalue weighted by atomic mass is 32.2. The van der Waals surface area contributed by atoms with Gasteiger partial charge in [0.25, 0.3) is 0 Å². The van der Waals surface area contributed by atoms with Crippen molar-refractivity contribution in [3.8, 4) is 0 Å². The zero-order valence-corrected chi connectivity index (χ0v) is 16.8. The van der Waals surface area contributed by atoms with Crippen LogP contribution in [0.4, 0.5) is 5.13 Å². The van der Waals surface area contributed by atoms with E-state index in [0.717, 1.165) is 36.0 Å². The molecule has 1 aliphatic carbocycles. The highest BCUT2D eigenvalue weighted by Gasteiger charge is 2.42. The molecular formula is C17H24N6O2S2. The van der Waals surface area contributed by atoms with Gasteiger partial charge in [-0.25, -0.2) is 0 Å². The van der Waals surface area contributed by atoms with Gasteiger partial charge in [0.1, 0.15) is 0 Å². The van der Waals surface area contributed by atoms with E-state index in [9.17, 15) is 9.90 Å². The van der Waals surface area contributed by atoms with Crippen molar-refractivity contribution in [3.63, 3.8) is 0 Å². The number of fused-ring (bicyclic) bond motifs is 1. The fourth-order valence-corrected chi connectivity index (χ4v) is 5.86. The molecule has 146 valence electrons. The van der Waals surface area contributed by atoms with Crippen LogP contribution in [-0.4, -0.2) is 67.4 Å². The van der Waals surface area contributed by atoms with Gasteiger partial charge in [0.15, 0.2) is 4.34 Å². The second-order valence-electron chi connectivity index (χ2n) is 7.16. The molecule has 4 rings (SSSR count). The predicted molar refractivity (Wildman–Crippen MR) is 105 cm³/mol. The van der Waals surface area contributed by atoms with Gasteiger partial charge in [0.05, 0.1) is 18.7 Å². The van der Waals surface area contributed by atoms with Crippen molar-refractivity contribution in [3.05, 3.63) is 18.5 Å². The molecule has 2 aromatic rings. The molecule has 2 aromatic heterocycles. The molecule has 8 nitrogen and oxygen atoms in total. The largest absolute Gasteiger partial charge is 0.391 e. The van der Waals surface area contributed by atoms with Crippen molar-refractivity contribution in [1.29, 1.82) is 0 Å². The molecule has 2 aliphatic rings. The Labute approximate surface area is 166 Å². The average molecular weight is 409 g/mol. The maximum Gasteiger partial charge on any atom is 0.240 e. The molecule has 1 aliphatic heterocycles. The first-order chi connectivity index (χ1) is 13.1. The number of rotatable bonds is 6. The van der Waals surface area contributed by atoms with Crippen LogP contribution in [0.3, 0.4) is 0 Å². The van der Waals surface area contributed by atoms with Crippen molar-refractivity contribution < 1.29 is 9.90 Å². The fraction of sp³-hybridized carbons (Fsp3) is 0.647. The van der Waals surface area contributed by atoms with E-state index in [1.807, 2.05) is 16.9 Å². The van der Waals surface area contributed by atoms with Crippen molar-refractivity contribution >= 4 is 34.1 Å². The molecule has 2 fully saturated rings. The summed E-state index contributed by atoms with van der Waals surface area (Å²) in [5.41, 5.74) is 0. The zero-order valence-electron chi connectivity index (χ0n) is 15.2. The number of aliphatic hydroxyl groups excluding tert-OH is 1. The molecule has 0 radical (unpaired) electrons. The standard InChI is InChI=1S/C17H24N6O2S2/c1-2-26-17-21-20-16(27-17)19-15(25)10-22-8-11-6-13(23-5-3-4-18-23)14(24)7-12(11)9-22/h3-5,11-14,24H,2,6-10H2,1H3,(H,19,20,25)/t11-,12+,13-,14-/m1/s1. The highest BCUT2D eigenvalue weighted by Crippen LogP contribution is 2.41. The van der Waals surface area contributed by atoms with Gasteiger partial charge in [0, 0.05) is 25.5 Å². The second-order valence-corrected chi connectivity index (χ2v) is 9.65. The van der Waals surface area contributed by atoms with E-state index in [1.54, 1.807) is 18.0 Å².